The zero-order valence-corrected chi connectivity index (χ0v) is 11.6. The van der Waals surface area contributed by atoms with E-state index in [2.05, 4.69) is 0 Å². The highest BCUT2D eigenvalue weighted by molar-refractivity contribution is 6.32. The standard InChI is InChI=1S/C15H12ClFO4/c16-12-3-1-2-4-14(12)21-8-7-20-10-5-6-11(15(18)19)13(17)9-10/h1-6,9H,7-8H2,(H,18,19). The van der Waals surface area contributed by atoms with Crippen LogP contribution < -0.4 is 9.47 Å². The highest BCUT2D eigenvalue weighted by Gasteiger charge is 2.10. The van der Waals surface area contributed by atoms with Crippen LogP contribution in [0.3, 0.4) is 0 Å². The molecule has 2 rings (SSSR count). The molecule has 0 saturated heterocycles. The third kappa shape index (κ3) is 4.10. The molecule has 4 nitrogen and oxygen atoms in total. The van der Waals surface area contributed by atoms with E-state index in [1.165, 1.54) is 6.07 Å². The number of carboxylic acids is 1. The lowest BCUT2D eigenvalue weighted by atomic mass is 10.2. The fraction of sp³-hybridized carbons (Fsp3) is 0.133. The monoisotopic (exact) mass is 310 g/mol. The van der Waals surface area contributed by atoms with E-state index in [0.29, 0.717) is 10.8 Å². The number of carboxylic acid groups (broad SMARTS) is 1. The molecule has 0 aliphatic heterocycles. The smallest absolute Gasteiger partial charge is 0.338 e. The molecule has 0 aliphatic carbocycles. The van der Waals surface area contributed by atoms with Gasteiger partial charge in [0.2, 0.25) is 0 Å². The summed E-state index contributed by atoms with van der Waals surface area (Å²) in [6.07, 6.45) is 0. The Bertz CT molecular complexity index is 645. The molecule has 6 heteroatoms. The molecule has 2 aromatic carbocycles. The summed E-state index contributed by atoms with van der Waals surface area (Å²) in [5.74, 6) is -1.39. The first-order valence-electron chi connectivity index (χ1n) is 6.11. The number of ether oxygens (including phenoxy) is 2. The maximum Gasteiger partial charge on any atom is 0.338 e. The van der Waals surface area contributed by atoms with Gasteiger partial charge in [0.05, 0.1) is 10.6 Å². The number of rotatable bonds is 6. The van der Waals surface area contributed by atoms with E-state index in [4.69, 9.17) is 26.2 Å². The summed E-state index contributed by atoms with van der Waals surface area (Å²) in [4.78, 5) is 10.7. The van der Waals surface area contributed by atoms with Gasteiger partial charge in [-0.25, -0.2) is 9.18 Å². The Morgan fingerprint density at radius 2 is 1.86 bits per heavy atom. The molecule has 0 spiro atoms. The highest BCUT2D eigenvalue weighted by atomic mass is 35.5. The maximum atomic E-state index is 13.4. The van der Waals surface area contributed by atoms with Gasteiger partial charge in [-0.3, -0.25) is 0 Å². The molecule has 2 aromatic rings. The molecule has 0 atom stereocenters. The Morgan fingerprint density at radius 1 is 1.14 bits per heavy atom. The molecule has 21 heavy (non-hydrogen) atoms. The fourth-order valence-corrected chi connectivity index (χ4v) is 1.82. The van der Waals surface area contributed by atoms with E-state index in [0.717, 1.165) is 12.1 Å². The Hall–Kier alpha value is -2.27. The third-order valence-electron chi connectivity index (χ3n) is 2.62. The second kappa shape index (κ2) is 6.95. The van der Waals surface area contributed by atoms with Gasteiger partial charge in [-0.2, -0.15) is 0 Å². The number of halogens is 2. The van der Waals surface area contributed by atoms with Gasteiger partial charge in [-0.1, -0.05) is 23.7 Å². The molecule has 1 N–H and O–H groups in total. The molecule has 110 valence electrons. The molecular formula is C15H12ClFO4. The van der Waals surface area contributed by atoms with Crippen LogP contribution in [0.15, 0.2) is 42.5 Å². The van der Waals surface area contributed by atoms with Gasteiger partial charge in [0, 0.05) is 6.07 Å². The minimum absolute atomic E-state index is 0.178. The molecule has 0 bridgehead atoms. The largest absolute Gasteiger partial charge is 0.490 e. The van der Waals surface area contributed by atoms with Gasteiger partial charge in [0.15, 0.2) is 0 Å². The van der Waals surface area contributed by atoms with Crippen molar-refractivity contribution in [1.29, 1.82) is 0 Å². The molecule has 0 aliphatic rings. The second-order valence-electron chi connectivity index (χ2n) is 4.07. The number of para-hydroxylation sites is 1. The zero-order valence-electron chi connectivity index (χ0n) is 10.9. The van der Waals surface area contributed by atoms with Crippen LogP contribution in [0.25, 0.3) is 0 Å². The van der Waals surface area contributed by atoms with Crippen molar-refractivity contribution in [1.82, 2.24) is 0 Å². The van der Waals surface area contributed by atoms with Gasteiger partial charge in [0.1, 0.15) is 30.5 Å². The Labute approximate surface area is 125 Å². The van der Waals surface area contributed by atoms with Crippen LogP contribution in [0, 0.1) is 5.82 Å². The first-order chi connectivity index (χ1) is 10.1. The number of carbonyl (C=O) groups is 1. The third-order valence-corrected chi connectivity index (χ3v) is 2.93. The normalized spacial score (nSPS) is 10.2. The van der Waals surface area contributed by atoms with Crippen LogP contribution in [-0.2, 0) is 0 Å². The molecule has 0 saturated carbocycles. The molecule has 0 fully saturated rings. The number of benzene rings is 2. The van der Waals surface area contributed by atoms with Gasteiger partial charge in [-0.15, -0.1) is 0 Å². The highest BCUT2D eigenvalue weighted by Crippen LogP contribution is 2.23. The quantitative estimate of drug-likeness (QED) is 0.828. The van der Waals surface area contributed by atoms with E-state index in [1.807, 2.05) is 0 Å². The summed E-state index contributed by atoms with van der Waals surface area (Å²) in [5, 5.41) is 9.20. The lowest BCUT2D eigenvalue weighted by Crippen LogP contribution is -2.09. The van der Waals surface area contributed by atoms with Crippen molar-refractivity contribution in [3.05, 3.63) is 58.9 Å². The number of hydrogen-bond donors (Lipinski definition) is 1. The average molecular weight is 311 g/mol. The van der Waals surface area contributed by atoms with Crippen molar-refractivity contribution in [2.24, 2.45) is 0 Å². The first kappa shape index (κ1) is 15.1. The van der Waals surface area contributed by atoms with Crippen molar-refractivity contribution in [3.8, 4) is 11.5 Å². The second-order valence-corrected chi connectivity index (χ2v) is 4.48. The van der Waals surface area contributed by atoms with E-state index < -0.39 is 17.3 Å². The van der Waals surface area contributed by atoms with Gasteiger partial charge in [0.25, 0.3) is 0 Å². The Balaban J connectivity index is 1.85. The summed E-state index contributed by atoms with van der Waals surface area (Å²) in [6, 6.07) is 10.6. The van der Waals surface area contributed by atoms with Crippen molar-refractivity contribution >= 4 is 17.6 Å². The molecular weight excluding hydrogens is 299 g/mol. The summed E-state index contributed by atoms with van der Waals surface area (Å²) >= 11 is 5.92. The molecule has 0 radical (unpaired) electrons. The lowest BCUT2D eigenvalue weighted by molar-refractivity contribution is 0.0692. The van der Waals surface area contributed by atoms with E-state index in [1.54, 1.807) is 24.3 Å². The van der Waals surface area contributed by atoms with Gasteiger partial charge < -0.3 is 14.6 Å². The van der Waals surface area contributed by atoms with E-state index in [-0.39, 0.29) is 19.0 Å². The van der Waals surface area contributed by atoms with Crippen LogP contribution in [-0.4, -0.2) is 24.3 Å². The van der Waals surface area contributed by atoms with Gasteiger partial charge >= 0.3 is 5.97 Å². The van der Waals surface area contributed by atoms with Crippen LogP contribution in [0.4, 0.5) is 4.39 Å². The summed E-state index contributed by atoms with van der Waals surface area (Å²) in [5.41, 5.74) is -0.394. The fourth-order valence-electron chi connectivity index (χ4n) is 1.63. The molecule has 0 amide bonds. The zero-order chi connectivity index (χ0) is 15.2. The van der Waals surface area contributed by atoms with Crippen molar-refractivity contribution in [2.75, 3.05) is 13.2 Å². The topological polar surface area (TPSA) is 55.8 Å². The Kier molecular flexibility index (Phi) is 5.00. The maximum absolute atomic E-state index is 13.4. The predicted octanol–water partition coefficient (Wildman–Crippen LogP) is 3.64. The Morgan fingerprint density at radius 3 is 2.52 bits per heavy atom. The van der Waals surface area contributed by atoms with E-state index >= 15 is 0 Å². The van der Waals surface area contributed by atoms with Crippen molar-refractivity contribution < 1.29 is 23.8 Å². The van der Waals surface area contributed by atoms with E-state index in [9.17, 15) is 9.18 Å². The van der Waals surface area contributed by atoms with Crippen LogP contribution in [0.2, 0.25) is 5.02 Å². The molecule has 0 heterocycles. The minimum atomic E-state index is -1.32. The number of aromatic carboxylic acids is 1. The molecule has 0 unspecified atom stereocenters. The molecule has 0 aromatic heterocycles. The number of hydrogen-bond acceptors (Lipinski definition) is 3. The summed E-state index contributed by atoms with van der Waals surface area (Å²) in [7, 11) is 0. The first-order valence-corrected chi connectivity index (χ1v) is 6.48. The SMILES string of the molecule is O=C(O)c1ccc(OCCOc2ccccc2Cl)cc1F. The van der Waals surface area contributed by atoms with Gasteiger partial charge in [-0.05, 0) is 24.3 Å². The van der Waals surface area contributed by atoms with Crippen LogP contribution >= 0.6 is 11.6 Å². The van der Waals surface area contributed by atoms with Crippen molar-refractivity contribution in [2.45, 2.75) is 0 Å². The predicted molar refractivity (Wildman–Crippen MR) is 75.8 cm³/mol. The van der Waals surface area contributed by atoms with Crippen molar-refractivity contribution in [3.63, 3.8) is 0 Å². The summed E-state index contributed by atoms with van der Waals surface area (Å²) < 4.78 is 24.1. The minimum Gasteiger partial charge on any atom is -0.490 e. The lowest BCUT2D eigenvalue weighted by Gasteiger charge is -2.09. The van der Waals surface area contributed by atoms with Crippen LogP contribution in [0.1, 0.15) is 10.4 Å². The average Bonchev–Trinajstić information content (AvgIpc) is 2.45. The van der Waals surface area contributed by atoms with Crippen LogP contribution in [0.5, 0.6) is 11.5 Å². The summed E-state index contributed by atoms with van der Waals surface area (Å²) in [6.45, 7) is 0.406.